The zero-order valence-electron chi connectivity index (χ0n) is 18.7. The number of nitrogens with zero attached hydrogens (tertiary/aromatic N) is 2. The lowest BCUT2D eigenvalue weighted by Crippen LogP contribution is -2.32. The van der Waals surface area contributed by atoms with Gasteiger partial charge in [0.05, 0.1) is 18.2 Å². The SMILES string of the molecule is CCCOc1ccc(C(O)=C2C(=O)C(=O)N(CCCN(C)C)[C@H]2c2ccc(F)cc2)cc1. The number of Topliss-reactive ketones (excluding diaryl/α,β-unsaturated/α-hetero) is 1. The van der Waals surface area contributed by atoms with Crippen molar-refractivity contribution in [2.24, 2.45) is 0 Å². The standard InChI is InChI=1S/C25H29FN2O4/c1-4-16-32-20-12-8-18(9-13-20)23(29)21-22(17-6-10-19(26)11-7-17)28(25(31)24(21)30)15-5-14-27(2)3/h6-13,22,29H,4-5,14-16H2,1-3H3/t22-/m0/s1. The summed E-state index contributed by atoms with van der Waals surface area (Å²) < 4.78 is 19.1. The van der Waals surface area contributed by atoms with Crippen LogP contribution in [-0.4, -0.2) is 60.4 Å². The fourth-order valence-electron chi connectivity index (χ4n) is 3.74. The highest BCUT2D eigenvalue weighted by Gasteiger charge is 2.45. The normalized spacial score (nSPS) is 17.9. The lowest BCUT2D eigenvalue weighted by atomic mass is 9.95. The van der Waals surface area contributed by atoms with E-state index in [1.165, 1.54) is 17.0 Å². The number of hydrogen-bond donors (Lipinski definition) is 1. The van der Waals surface area contributed by atoms with Crippen LogP contribution in [0.5, 0.6) is 5.75 Å². The second kappa shape index (κ2) is 10.4. The first kappa shape index (κ1) is 23.5. The van der Waals surface area contributed by atoms with E-state index in [0.717, 1.165) is 13.0 Å². The fraction of sp³-hybridized carbons (Fsp3) is 0.360. The number of hydrogen-bond acceptors (Lipinski definition) is 5. The van der Waals surface area contributed by atoms with Crippen molar-refractivity contribution in [1.29, 1.82) is 0 Å². The molecule has 0 bridgehead atoms. The van der Waals surface area contributed by atoms with Gasteiger partial charge in [0.2, 0.25) is 0 Å². The Morgan fingerprint density at radius 2 is 1.75 bits per heavy atom. The van der Waals surface area contributed by atoms with Crippen molar-refractivity contribution >= 4 is 17.4 Å². The minimum absolute atomic E-state index is 0.00804. The molecule has 2 aromatic rings. The molecule has 6 nitrogen and oxygen atoms in total. The van der Waals surface area contributed by atoms with Crippen molar-refractivity contribution in [2.75, 3.05) is 33.8 Å². The third-order valence-electron chi connectivity index (χ3n) is 5.33. The van der Waals surface area contributed by atoms with E-state index in [2.05, 4.69) is 0 Å². The molecule has 32 heavy (non-hydrogen) atoms. The number of aliphatic hydroxyl groups is 1. The second-order valence-corrected chi connectivity index (χ2v) is 8.07. The van der Waals surface area contributed by atoms with Gasteiger partial charge in [0.1, 0.15) is 17.3 Å². The summed E-state index contributed by atoms with van der Waals surface area (Å²) in [7, 11) is 3.86. The predicted octanol–water partition coefficient (Wildman–Crippen LogP) is 3.99. The Kier molecular flexibility index (Phi) is 7.64. The van der Waals surface area contributed by atoms with Crippen molar-refractivity contribution in [3.8, 4) is 5.75 Å². The van der Waals surface area contributed by atoms with Crippen LogP contribution >= 0.6 is 0 Å². The molecule has 7 heteroatoms. The summed E-state index contributed by atoms with van der Waals surface area (Å²) in [6.45, 7) is 3.66. The molecule has 1 atom stereocenters. The van der Waals surface area contributed by atoms with Gasteiger partial charge in [-0.15, -0.1) is 0 Å². The lowest BCUT2D eigenvalue weighted by Gasteiger charge is -2.26. The minimum Gasteiger partial charge on any atom is -0.507 e. The number of benzene rings is 2. The first-order chi connectivity index (χ1) is 15.3. The van der Waals surface area contributed by atoms with Gasteiger partial charge >= 0.3 is 0 Å². The van der Waals surface area contributed by atoms with Crippen LogP contribution in [0.15, 0.2) is 54.1 Å². The average molecular weight is 441 g/mol. The van der Waals surface area contributed by atoms with Gasteiger partial charge in [-0.1, -0.05) is 19.1 Å². The topological polar surface area (TPSA) is 70.1 Å². The number of likely N-dealkylation sites (tertiary alicyclic amines) is 1. The smallest absolute Gasteiger partial charge is 0.295 e. The summed E-state index contributed by atoms with van der Waals surface area (Å²) in [4.78, 5) is 29.3. The summed E-state index contributed by atoms with van der Waals surface area (Å²) in [6, 6.07) is 11.6. The summed E-state index contributed by atoms with van der Waals surface area (Å²) >= 11 is 0. The average Bonchev–Trinajstić information content (AvgIpc) is 3.03. The van der Waals surface area contributed by atoms with E-state index in [1.54, 1.807) is 36.4 Å². The van der Waals surface area contributed by atoms with Crippen LogP contribution in [0.3, 0.4) is 0 Å². The quantitative estimate of drug-likeness (QED) is 0.363. The van der Waals surface area contributed by atoms with E-state index in [1.807, 2.05) is 25.9 Å². The van der Waals surface area contributed by atoms with Crippen molar-refractivity contribution in [1.82, 2.24) is 9.80 Å². The Morgan fingerprint density at radius 3 is 2.34 bits per heavy atom. The lowest BCUT2D eigenvalue weighted by molar-refractivity contribution is -0.139. The zero-order valence-corrected chi connectivity index (χ0v) is 18.7. The number of aliphatic hydroxyl groups excluding tert-OH is 1. The van der Waals surface area contributed by atoms with Crippen LogP contribution in [0, 0.1) is 5.82 Å². The molecule has 1 amide bonds. The van der Waals surface area contributed by atoms with Gasteiger partial charge in [-0.2, -0.15) is 0 Å². The molecule has 0 saturated carbocycles. The van der Waals surface area contributed by atoms with E-state index in [-0.39, 0.29) is 11.3 Å². The first-order valence-electron chi connectivity index (χ1n) is 10.7. The van der Waals surface area contributed by atoms with Gasteiger partial charge < -0.3 is 19.6 Å². The molecule has 3 rings (SSSR count). The van der Waals surface area contributed by atoms with Crippen molar-refractivity contribution in [2.45, 2.75) is 25.8 Å². The Bertz CT molecular complexity index is 984. The molecule has 0 radical (unpaired) electrons. The third kappa shape index (κ3) is 5.16. The summed E-state index contributed by atoms with van der Waals surface area (Å²) in [5, 5.41) is 11.0. The van der Waals surface area contributed by atoms with Crippen LogP contribution in [0.4, 0.5) is 4.39 Å². The van der Waals surface area contributed by atoms with E-state index in [0.29, 0.717) is 36.4 Å². The van der Waals surface area contributed by atoms with Gasteiger partial charge in [0.15, 0.2) is 0 Å². The maximum absolute atomic E-state index is 13.5. The number of ketones is 1. The molecule has 1 aliphatic heterocycles. The molecule has 0 unspecified atom stereocenters. The van der Waals surface area contributed by atoms with E-state index < -0.39 is 23.5 Å². The molecule has 0 aliphatic carbocycles. The molecule has 0 spiro atoms. The number of carbonyl (C=O) groups is 2. The van der Waals surface area contributed by atoms with Crippen LogP contribution in [-0.2, 0) is 9.59 Å². The summed E-state index contributed by atoms with van der Waals surface area (Å²) in [6.07, 6.45) is 1.53. The number of amides is 1. The molecular weight excluding hydrogens is 411 g/mol. The summed E-state index contributed by atoms with van der Waals surface area (Å²) in [5.74, 6) is -1.42. The monoisotopic (exact) mass is 440 g/mol. The highest BCUT2D eigenvalue weighted by atomic mass is 19.1. The maximum Gasteiger partial charge on any atom is 0.295 e. The van der Waals surface area contributed by atoms with Crippen LogP contribution in [0.1, 0.15) is 36.9 Å². The van der Waals surface area contributed by atoms with Crippen LogP contribution in [0.2, 0.25) is 0 Å². The fourth-order valence-corrected chi connectivity index (χ4v) is 3.74. The second-order valence-electron chi connectivity index (χ2n) is 8.07. The minimum atomic E-state index is -0.784. The maximum atomic E-state index is 13.5. The molecule has 2 aromatic carbocycles. The Labute approximate surface area is 187 Å². The van der Waals surface area contributed by atoms with Crippen LogP contribution in [0.25, 0.3) is 5.76 Å². The highest BCUT2D eigenvalue weighted by molar-refractivity contribution is 6.46. The molecule has 1 saturated heterocycles. The zero-order chi connectivity index (χ0) is 23.3. The molecule has 1 heterocycles. The van der Waals surface area contributed by atoms with Crippen molar-refractivity contribution in [3.05, 3.63) is 71.0 Å². The number of ether oxygens (including phenoxy) is 1. The summed E-state index contributed by atoms with van der Waals surface area (Å²) in [5.41, 5.74) is 0.987. The van der Waals surface area contributed by atoms with Gasteiger partial charge in [0, 0.05) is 12.1 Å². The largest absolute Gasteiger partial charge is 0.507 e. The van der Waals surface area contributed by atoms with Gasteiger partial charge in [-0.25, -0.2) is 4.39 Å². The van der Waals surface area contributed by atoms with Gasteiger partial charge in [0.25, 0.3) is 11.7 Å². The van der Waals surface area contributed by atoms with Gasteiger partial charge in [-0.05, 0) is 75.4 Å². The first-order valence-corrected chi connectivity index (χ1v) is 10.7. The van der Waals surface area contributed by atoms with Crippen LogP contribution < -0.4 is 4.74 Å². The molecule has 1 fully saturated rings. The van der Waals surface area contributed by atoms with E-state index >= 15 is 0 Å². The molecular formula is C25H29FN2O4. The van der Waals surface area contributed by atoms with E-state index in [9.17, 15) is 19.1 Å². The number of rotatable bonds is 9. The molecule has 1 N–H and O–H groups in total. The predicted molar refractivity (Wildman–Crippen MR) is 121 cm³/mol. The number of carbonyl (C=O) groups excluding carboxylic acids is 2. The Hall–Kier alpha value is -3.19. The molecule has 0 aromatic heterocycles. The highest BCUT2D eigenvalue weighted by Crippen LogP contribution is 2.39. The number of halogens is 1. The third-order valence-corrected chi connectivity index (χ3v) is 5.33. The molecule has 1 aliphatic rings. The molecule has 170 valence electrons. The Morgan fingerprint density at radius 1 is 1.09 bits per heavy atom. The van der Waals surface area contributed by atoms with Gasteiger partial charge in [-0.3, -0.25) is 9.59 Å². The van der Waals surface area contributed by atoms with Crippen molar-refractivity contribution < 1.29 is 23.8 Å². The van der Waals surface area contributed by atoms with Crippen molar-refractivity contribution in [3.63, 3.8) is 0 Å². The van der Waals surface area contributed by atoms with E-state index in [4.69, 9.17) is 4.74 Å². The Balaban J connectivity index is 2.01.